The van der Waals surface area contributed by atoms with Crippen LogP contribution >= 0.6 is 0 Å². The van der Waals surface area contributed by atoms with Crippen LogP contribution in [0.3, 0.4) is 0 Å². The molecular weight excluding hydrogens is 224 g/mol. The lowest BCUT2D eigenvalue weighted by Crippen LogP contribution is -2.36. The molecule has 1 amide bonds. The Balaban J connectivity index is 1.62. The molecule has 1 atom stereocenters. The van der Waals surface area contributed by atoms with Crippen LogP contribution < -0.4 is 5.32 Å². The highest BCUT2D eigenvalue weighted by Crippen LogP contribution is 2.23. The average Bonchev–Trinajstić information content (AvgIpc) is 2.96. The third kappa shape index (κ3) is 2.15. The lowest BCUT2D eigenvalue weighted by Gasteiger charge is -2.12. The van der Waals surface area contributed by atoms with Gasteiger partial charge in [-0.15, -0.1) is 0 Å². The summed E-state index contributed by atoms with van der Waals surface area (Å²) in [7, 11) is 1.87. The second kappa shape index (κ2) is 4.73. The highest BCUT2D eigenvalue weighted by Gasteiger charge is 2.28. The third-order valence-electron chi connectivity index (χ3n) is 4.14. The Bertz CT molecular complexity index is 470. The minimum absolute atomic E-state index is 0.0169. The van der Waals surface area contributed by atoms with E-state index in [-0.39, 0.29) is 11.9 Å². The Morgan fingerprint density at radius 1 is 1.33 bits per heavy atom. The Labute approximate surface area is 108 Å². The molecule has 1 aliphatic carbocycles. The smallest absolute Gasteiger partial charge is 0.239 e. The van der Waals surface area contributed by atoms with Gasteiger partial charge in [0.25, 0.3) is 0 Å². The van der Waals surface area contributed by atoms with Gasteiger partial charge in [-0.2, -0.15) is 0 Å². The predicted molar refractivity (Wildman–Crippen MR) is 71.3 cm³/mol. The van der Waals surface area contributed by atoms with Crippen LogP contribution in [-0.4, -0.2) is 30.4 Å². The highest BCUT2D eigenvalue weighted by atomic mass is 16.2. The molecule has 0 saturated carbocycles. The van der Waals surface area contributed by atoms with Crippen molar-refractivity contribution in [2.75, 3.05) is 13.6 Å². The first kappa shape index (κ1) is 11.7. The fraction of sp³-hybridized carbons (Fsp3) is 0.533. The Hall–Kier alpha value is -1.35. The zero-order valence-electron chi connectivity index (χ0n) is 10.9. The Morgan fingerprint density at radius 2 is 2.17 bits per heavy atom. The van der Waals surface area contributed by atoms with Crippen LogP contribution in [0, 0.1) is 0 Å². The van der Waals surface area contributed by atoms with E-state index < -0.39 is 0 Å². The van der Waals surface area contributed by atoms with Gasteiger partial charge < -0.3 is 10.2 Å². The van der Waals surface area contributed by atoms with Crippen LogP contribution in [0.5, 0.6) is 0 Å². The number of rotatable bonds is 3. The number of aryl methyl sites for hydroxylation is 2. The minimum atomic E-state index is 0.0169. The number of likely N-dealkylation sites (N-methyl/N-ethyl adjacent to an activating group) is 1. The molecule has 1 unspecified atom stereocenters. The van der Waals surface area contributed by atoms with Gasteiger partial charge in [-0.05, 0) is 42.4 Å². The van der Waals surface area contributed by atoms with Crippen LogP contribution in [0.4, 0.5) is 0 Å². The molecule has 0 radical (unpaired) electrons. The zero-order valence-corrected chi connectivity index (χ0v) is 10.9. The molecular formula is C15H20N2O. The number of likely N-dealkylation sites (tertiary alicyclic amines) is 1. The van der Waals surface area contributed by atoms with E-state index in [0.717, 1.165) is 19.5 Å². The van der Waals surface area contributed by atoms with E-state index in [0.29, 0.717) is 0 Å². The normalized spacial score (nSPS) is 22.6. The van der Waals surface area contributed by atoms with E-state index in [1.165, 1.54) is 36.0 Å². The largest absolute Gasteiger partial charge is 0.344 e. The molecule has 1 fully saturated rings. The molecule has 0 bridgehead atoms. The lowest BCUT2D eigenvalue weighted by molar-refractivity contribution is -0.128. The monoisotopic (exact) mass is 244 g/mol. The van der Waals surface area contributed by atoms with Crippen molar-refractivity contribution in [3.8, 4) is 0 Å². The number of carbonyl (C=O) groups is 1. The van der Waals surface area contributed by atoms with Gasteiger partial charge >= 0.3 is 0 Å². The van der Waals surface area contributed by atoms with Gasteiger partial charge in [-0.1, -0.05) is 18.2 Å². The summed E-state index contributed by atoms with van der Waals surface area (Å²) in [6.07, 6.45) is 4.67. The highest BCUT2D eigenvalue weighted by molar-refractivity contribution is 5.83. The van der Waals surface area contributed by atoms with E-state index in [2.05, 4.69) is 23.5 Å². The van der Waals surface area contributed by atoms with Crippen molar-refractivity contribution in [2.45, 2.75) is 38.3 Å². The fourth-order valence-electron chi connectivity index (χ4n) is 2.99. The molecule has 3 heteroatoms. The Morgan fingerprint density at radius 3 is 2.94 bits per heavy atom. The van der Waals surface area contributed by atoms with Gasteiger partial charge in [0.05, 0.1) is 6.04 Å². The van der Waals surface area contributed by atoms with Crippen LogP contribution in [0.2, 0.25) is 0 Å². The first-order valence-corrected chi connectivity index (χ1v) is 6.83. The van der Waals surface area contributed by atoms with Crippen LogP contribution in [0.25, 0.3) is 0 Å². The van der Waals surface area contributed by atoms with Gasteiger partial charge in [0.1, 0.15) is 0 Å². The second-order valence-electron chi connectivity index (χ2n) is 5.44. The van der Waals surface area contributed by atoms with Crippen molar-refractivity contribution in [1.82, 2.24) is 10.2 Å². The summed E-state index contributed by atoms with van der Waals surface area (Å²) in [6.45, 7) is 1.68. The Kier molecular flexibility index (Phi) is 3.08. The molecule has 1 N–H and O–H groups in total. The summed E-state index contributed by atoms with van der Waals surface area (Å²) in [5.41, 5.74) is 4.32. The first-order valence-electron chi connectivity index (χ1n) is 6.83. The molecule has 0 aromatic heterocycles. The number of fused-ring (bicyclic) bond motifs is 1. The molecule has 0 spiro atoms. The predicted octanol–water partition coefficient (Wildman–Crippen LogP) is 1.50. The molecule has 3 rings (SSSR count). The van der Waals surface area contributed by atoms with E-state index >= 15 is 0 Å². The number of hydrogen-bond acceptors (Lipinski definition) is 2. The molecule has 18 heavy (non-hydrogen) atoms. The second-order valence-corrected chi connectivity index (χ2v) is 5.44. The van der Waals surface area contributed by atoms with Crippen LogP contribution in [0.1, 0.15) is 29.5 Å². The lowest BCUT2D eigenvalue weighted by atomic mass is 10.1. The topological polar surface area (TPSA) is 32.3 Å². The summed E-state index contributed by atoms with van der Waals surface area (Å²) < 4.78 is 0. The van der Waals surface area contributed by atoms with Gasteiger partial charge in [0.2, 0.25) is 5.91 Å². The van der Waals surface area contributed by atoms with E-state index in [4.69, 9.17) is 0 Å². The van der Waals surface area contributed by atoms with Gasteiger partial charge in [-0.3, -0.25) is 4.79 Å². The fourth-order valence-corrected chi connectivity index (χ4v) is 2.99. The maximum Gasteiger partial charge on any atom is 0.239 e. The van der Waals surface area contributed by atoms with Crippen molar-refractivity contribution >= 4 is 5.91 Å². The summed E-state index contributed by atoms with van der Waals surface area (Å²) >= 11 is 0. The molecule has 1 aromatic carbocycles. The molecule has 1 saturated heterocycles. The van der Waals surface area contributed by atoms with E-state index in [1.807, 2.05) is 7.05 Å². The number of nitrogens with one attached hydrogen (secondary N) is 1. The SMILES string of the molecule is CN1CCC(NCc2ccc3c(c2)CCC3)C1=O. The summed E-state index contributed by atoms with van der Waals surface area (Å²) in [5.74, 6) is 0.233. The summed E-state index contributed by atoms with van der Waals surface area (Å²) in [5, 5.41) is 3.38. The minimum Gasteiger partial charge on any atom is -0.344 e. The maximum absolute atomic E-state index is 11.8. The standard InChI is InChI=1S/C15H20N2O/c1-17-8-7-14(15(17)18)16-10-11-5-6-12-3-2-4-13(12)9-11/h5-6,9,14,16H,2-4,7-8,10H2,1H3. The van der Waals surface area contributed by atoms with Crippen molar-refractivity contribution in [2.24, 2.45) is 0 Å². The van der Waals surface area contributed by atoms with Crippen LogP contribution in [0.15, 0.2) is 18.2 Å². The van der Waals surface area contributed by atoms with Gasteiger partial charge in [0, 0.05) is 20.1 Å². The number of amides is 1. The molecule has 1 aliphatic heterocycles. The summed E-state index contributed by atoms with van der Waals surface area (Å²) in [4.78, 5) is 13.6. The molecule has 3 nitrogen and oxygen atoms in total. The first-order chi connectivity index (χ1) is 8.74. The van der Waals surface area contributed by atoms with Gasteiger partial charge in [0.15, 0.2) is 0 Å². The number of nitrogens with zero attached hydrogens (tertiary/aromatic N) is 1. The van der Waals surface area contributed by atoms with Crippen LogP contribution in [-0.2, 0) is 24.2 Å². The summed E-state index contributed by atoms with van der Waals surface area (Å²) in [6, 6.07) is 6.77. The average molecular weight is 244 g/mol. The van der Waals surface area contributed by atoms with E-state index in [9.17, 15) is 4.79 Å². The van der Waals surface area contributed by atoms with Crippen molar-refractivity contribution in [3.63, 3.8) is 0 Å². The van der Waals surface area contributed by atoms with E-state index in [1.54, 1.807) is 4.90 Å². The maximum atomic E-state index is 11.8. The zero-order chi connectivity index (χ0) is 12.5. The molecule has 96 valence electrons. The van der Waals surface area contributed by atoms with Crippen molar-refractivity contribution in [1.29, 1.82) is 0 Å². The molecule has 1 heterocycles. The van der Waals surface area contributed by atoms with Crippen molar-refractivity contribution in [3.05, 3.63) is 34.9 Å². The number of hydrogen-bond donors (Lipinski definition) is 1. The molecule has 1 aromatic rings. The quantitative estimate of drug-likeness (QED) is 0.874. The molecule has 2 aliphatic rings. The number of carbonyl (C=O) groups excluding carboxylic acids is 1. The third-order valence-corrected chi connectivity index (χ3v) is 4.14. The van der Waals surface area contributed by atoms with Gasteiger partial charge in [-0.25, -0.2) is 0 Å². The van der Waals surface area contributed by atoms with Crippen molar-refractivity contribution < 1.29 is 4.79 Å². The number of benzene rings is 1.